The zero-order chi connectivity index (χ0) is 10.8. The standard InChI is InChI=1S/C9H10N4O2/c1-2-15-9(14)6-5-12-13-4-3-11-8(10)7(6)13/h3-5H,2H2,1H3,(H2,10,11). The number of rotatable bonds is 2. The predicted octanol–water partition coefficient (Wildman–Crippen LogP) is 0.488. The zero-order valence-corrected chi connectivity index (χ0v) is 8.17. The maximum absolute atomic E-state index is 11.5. The molecule has 0 aliphatic rings. The average molecular weight is 206 g/mol. The molecule has 0 unspecified atom stereocenters. The Bertz CT molecular complexity index is 506. The molecule has 0 fully saturated rings. The van der Waals surface area contributed by atoms with Gasteiger partial charge >= 0.3 is 5.97 Å². The minimum atomic E-state index is -0.438. The lowest BCUT2D eigenvalue weighted by atomic mass is 10.3. The van der Waals surface area contributed by atoms with Crippen LogP contribution in [0.4, 0.5) is 5.82 Å². The Kier molecular flexibility index (Phi) is 2.24. The number of hydrogen-bond acceptors (Lipinski definition) is 5. The van der Waals surface area contributed by atoms with Crippen molar-refractivity contribution in [3.63, 3.8) is 0 Å². The number of ether oxygens (including phenoxy) is 1. The van der Waals surface area contributed by atoms with Crippen molar-refractivity contribution in [3.05, 3.63) is 24.2 Å². The first-order chi connectivity index (χ1) is 7.24. The first kappa shape index (κ1) is 9.45. The van der Waals surface area contributed by atoms with E-state index in [4.69, 9.17) is 10.5 Å². The molecule has 0 spiro atoms. The van der Waals surface area contributed by atoms with Gasteiger partial charge in [0.15, 0.2) is 0 Å². The molecule has 0 aromatic carbocycles. The first-order valence-electron chi connectivity index (χ1n) is 4.49. The van der Waals surface area contributed by atoms with Gasteiger partial charge in [-0.25, -0.2) is 14.3 Å². The van der Waals surface area contributed by atoms with Gasteiger partial charge in [0, 0.05) is 12.4 Å². The molecule has 2 aromatic rings. The van der Waals surface area contributed by atoms with E-state index in [1.807, 2.05) is 0 Å². The molecule has 2 rings (SSSR count). The molecular formula is C9H10N4O2. The molecule has 15 heavy (non-hydrogen) atoms. The molecule has 6 heteroatoms. The molecule has 0 aliphatic heterocycles. The van der Waals surface area contributed by atoms with E-state index in [2.05, 4.69) is 10.1 Å². The second kappa shape index (κ2) is 3.56. The molecule has 0 saturated carbocycles. The van der Waals surface area contributed by atoms with E-state index in [-0.39, 0.29) is 5.82 Å². The number of carbonyl (C=O) groups is 1. The quantitative estimate of drug-likeness (QED) is 0.723. The van der Waals surface area contributed by atoms with Gasteiger partial charge in [-0.1, -0.05) is 0 Å². The van der Waals surface area contributed by atoms with Crippen molar-refractivity contribution in [2.45, 2.75) is 6.92 Å². The Morgan fingerprint density at radius 3 is 3.20 bits per heavy atom. The summed E-state index contributed by atoms with van der Waals surface area (Å²) in [7, 11) is 0. The second-order valence-corrected chi connectivity index (χ2v) is 2.88. The van der Waals surface area contributed by atoms with Crippen molar-refractivity contribution in [1.29, 1.82) is 0 Å². The van der Waals surface area contributed by atoms with E-state index >= 15 is 0 Å². The van der Waals surface area contributed by atoms with Crippen molar-refractivity contribution >= 4 is 17.3 Å². The van der Waals surface area contributed by atoms with Crippen molar-refractivity contribution in [3.8, 4) is 0 Å². The van der Waals surface area contributed by atoms with Crippen molar-refractivity contribution in [1.82, 2.24) is 14.6 Å². The predicted molar refractivity (Wildman–Crippen MR) is 53.4 cm³/mol. The van der Waals surface area contributed by atoms with E-state index in [9.17, 15) is 4.79 Å². The summed E-state index contributed by atoms with van der Waals surface area (Å²) in [5, 5.41) is 3.98. The fourth-order valence-corrected chi connectivity index (χ4v) is 1.33. The third kappa shape index (κ3) is 1.50. The average Bonchev–Trinajstić information content (AvgIpc) is 2.63. The largest absolute Gasteiger partial charge is 0.462 e. The van der Waals surface area contributed by atoms with Gasteiger partial charge in [-0.2, -0.15) is 5.10 Å². The number of fused-ring (bicyclic) bond motifs is 1. The van der Waals surface area contributed by atoms with Crippen LogP contribution < -0.4 is 5.73 Å². The highest BCUT2D eigenvalue weighted by Gasteiger charge is 2.15. The van der Waals surface area contributed by atoms with Gasteiger partial charge < -0.3 is 10.5 Å². The summed E-state index contributed by atoms with van der Waals surface area (Å²) in [5.74, 6) is -0.176. The van der Waals surface area contributed by atoms with Crippen molar-refractivity contribution in [2.75, 3.05) is 12.3 Å². The number of nitrogen functional groups attached to an aromatic ring is 1. The van der Waals surface area contributed by atoms with Crippen LogP contribution in [0.5, 0.6) is 0 Å². The topological polar surface area (TPSA) is 82.5 Å². The Hall–Kier alpha value is -2.11. The van der Waals surface area contributed by atoms with Gasteiger partial charge in [-0.05, 0) is 6.92 Å². The van der Waals surface area contributed by atoms with E-state index < -0.39 is 5.97 Å². The highest BCUT2D eigenvalue weighted by atomic mass is 16.5. The van der Waals surface area contributed by atoms with E-state index in [1.165, 1.54) is 16.9 Å². The summed E-state index contributed by atoms with van der Waals surface area (Å²) in [5.41, 5.74) is 6.47. The molecular weight excluding hydrogens is 196 g/mol. The normalized spacial score (nSPS) is 10.5. The monoisotopic (exact) mass is 206 g/mol. The lowest BCUT2D eigenvalue weighted by Gasteiger charge is -2.00. The van der Waals surface area contributed by atoms with Gasteiger partial charge in [0.05, 0.1) is 12.8 Å². The summed E-state index contributed by atoms with van der Waals surface area (Å²) in [4.78, 5) is 15.4. The first-order valence-corrected chi connectivity index (χ1v) is 4.49. The Morgan fingerprint density at radius 1 is 1.67 bits per heavy atom. The highest BCUT2D eigenvalue weighted by molar-refractivity contribution is 5.99. The molecule has 0 bridgehead atoms. The molecule has 2 heterocycles. The summed E-state index contributed by atoms with van der Waals surface area (Å²) in [6.45, 7) is 2.06. The molecule has 2 aromatic heterocycles. The maximum Gasteiger partial charge on any atom is 0.342 e. The summed E-state index contributed by atoms with van der Waals surface area (Å²) in [6.07, 6.45) is 4.56. The van der Waals surface area contributed by atoms with E-state index in [0.717, 1.165) is 0 Å². The molecule has 0 saturated heterocycles. The lowest BCUT2D eigenvalue weighted by molar-refractivity contribution is 0.0528. The molecule has 0 radical (unpaired) electrons. The Morgan fingerprint density at radius 2 is 2.47 bits per heavy atom. The number of esters is 1. The van der Waals surface area contributed by atoms with Gasteiger partial charge in [0.25, 0.3) is 0 Å². The maximum atomic E-state index is 11.5. The van der Waals surface area contributed by atoms with Gasteiger partial charge in [0.2, 0.25) is 0 Å². The van der Waals surface area contributed by atoms with Gasteiger partial charge in [-0.15, -0.1) is 0 Å². The van der Waals surface area contributed by atoms with Crippen LogP contribution in [0.25, 0.3) is 5.52 Å². The van der Waals surface area contributed by atoms with Crippen LogP contribution >= 0.6 is 0 Å². The fourth-order valence-electron chi connectivity index (χ4n) is 1.33. The van der Waals surface area contributed by atoms with Crippen LogP contribution in [0.3, 0.4) is 0 Å². The number of nitrogens with zero attached hydrogens (tertiary/aromatic N) is 3. The molecule has 2 N–H and O–H groups in total. The number of hydrogen-bond donors (Lipinski definition) is 1. The van der Waals surface area contributed by atoms with Crippen molar-refractivity contribution in [2.24, 2.45) is 0 Å². The summed E-state index contributed by atoms with van der Waals surface area (Å²) in [6, 6.07) is 0. The smallest absolute Gasteiger partial charge is 0.342 e. The fraction of sp³-hybridized carbons (Fsp3) is 0.222. The van der Waals surface area contributed by atoms with Crippen molar-refractivity contribution < 1.29 is 9.53 Å². The number of carbonyl (C=O) groups excluding carboxylic acids is 1. The second-order valence-electron chi connectivity index (χ2n) is 2.88. The third-order valence-corrected chi connectivity index (χ3v) is 1.95. The van der Waals surface area contributed by atoms with Gasteiger partial charge in [-0.3, -0.25) is 0 Å². The van der Waals surface area contributed by atoms with Gasteiger partial charge in [0.1, 0.15) is 16.9 Å². The minimum absolute atomic E-state index is 0.262. The van der Waals surface area contributed by atoms with Crippen LogP contribution in [0.2, 0.25) is 0 Å². The highest BCUT2D eigenvalue weighted by Crippen LogP contribution is 2.16. The molecule has 0 amide bonds. The van der Waals surface area contributed by atoms with Crippen LogP contribution in [-0.4, -0.2) is 27.2 Å². The third-order valence-electron chi connectivity index (χ3n) is 1.95. The van der Waals surface area contributed by atoms with Crippen LogP contribution in [-0.2, 0) is 4.74 Å². The minimum Gasteiger partial charge on any atom is -0.462 e. The molecule has 6 nitrogen and oxygen atoms in total. The van der Waals surface area contributed by atoms with Crippen LogP contribution in [0.1, 0.15) is 17.3 Å². The van der Waals surface area contributed by atoms with Crippen LogP contribution in [0, 0.1) is 0 Å². The van der Waals surface area contributed by atoms with Crippen LogP contribution in [0.15, 0.2) is 18.6 Å². The Labute approximate surface area is 85.7 Å². The number of aromatic nitrogens is 3. The molecule has 78 valence electrons. The summed E-state index contributed by atoms with van der Waals surface area (Å²) >= 11 is 0. The number of nitrogens with two attached hydrogens (primary N) is 1. The lowest BCUT2D eigenvalue weighted by Crippen LogP contribution is -2.05. The summed E-state index contributed by atoms with van der Waals surface area (Å²) < 4.78 is 6.37. The SMILES string of the molecule is CCOC(=O)c1cnn2ccnc(N)c12. The molecule has 0 aliphatic carbocycles. The van der Waals surface area contributed by atoms with E-state index in [1.54, 1.807) is 13.1 Å². The number of anilines is 1. The zero-order valence-electron chi connectivity index (χ0n) is 8.17. The Balaban J connectivity index is 2.57. The molecule has 0 atom stereocenters. The van der Waals surface area contributed by atoms with E-state index in [0.29, 0.717) is 17.7 Å².